The zero-order chi connectivity index (χ0) is 19.1. The Labute approximate surface area is 166 Å². The summed E-state index contributed by atoms with van der Waals surface area (Å²) in [6.45, 7) is 5.82. The van der Waals surface area contributed by atoms with Crippen molar-refractivity contribution in [3.63, 3.8) is 0 Å². The van der Waals surface area contributed by atoms with Crippen LogP contribution in [0.1, 0.15) is 37.3 Å². The fourth-order valence-corrected chi connectivity index (χ4v) is 3.46. The highest BCUT2D eigenvalue weighted by Crippen LogP contribution is 2.24. The minimum Gasteiger partial charge on any atom is -0.479 e. The Kier molecular flexibility index (Phi) is 7.13. The largest absolute Gasteiger partial charge is 0.479 e. The van der Waals surface area contributed by atoms with Crippen molar-refractivity contribution in [1.82, 2.24) is 10.2 Å². The number of carbonyl (C=O) groups is 1. The Hall–Kier alpha value is -2.04. The van der Waals surface area contributed by atoms with E-state index in [4.69, 9.17) is 16.3 Å². The van der Waals surface area contributed by atoms with E-state index in [1.54, 1.807) is 12.1 Å². The molecule has 1 saturated heterocycles. The second-order valence-corrected chi connectivity index (χ2v) is 7.37. The molecule has 0 aromatic heterocycles. The number of benzene rings is 2. The lowest BCUT2D eigenvalue weighted by atomic mass is 10.1. The number of likely N-dealkylation sites (tertiary alicyclic amines) is 1. The molecule has 0 aliphatic carbocycles. The summed E-state index contributed by atoms with van der Waals surface area (Å²) in [7, 11) is 0. The quantitative estimate of drug-likeness (QED) is 0.730. The average molecular weight is 387 g/mol. The highest BCUT2D eigenvalue weighted by molar-refractivity contribution is 6.32. The maximum atomic E-state index is 12.5. The van der Waals surface area contributed by atoms with Crippen molar-refractivity contribution in [2.45, 2.75) is 45.4 Å². The van der Waals surface area contributed by atoms with Crippen LogP contribution in [0, 0.1) is 0 Å². The molecule has 0 unspecified atom stereocenters. The van der Waals surface area contributed by atoms with Crippen molar-refractivity contribution in [2.75, 3.05) is 13.1 Å². The third-order valence-electron chi connectivity index (χ3n) is 4.86. The van der Waals surface area contributed by atoms with Gasteiger partial charge in [0.05, 0.1) is 5.02 Å². The van der Waals surface area contributed by atoms with Gasteiger partial charge in [0.1, 0.15) is 5.75 Å². The monoisotopic (exact) mass is 386 g/mol. The molecule has 144 valence electrons. The predicted octanol–water partition coefficient (Wildman–Crippen LogP) is 4.41. The van der Waals surface area contributed by atoms with E-state index in [1.807, 2.05) is 19.1 Å². The van der Waals surface area contributed by atoms with Gasteiger partial charge < -0.3 is 10.1 Å². The van der Waals surface area contributed by atoms with E-state index < -0.39 is 6.10 Å². The molecular formula is C22H27ClN2O2. The van der Waals surface area contributed by atoms with Crippen LogP contribution in [0.25, 0.3) is 0 Å². The molecule has 1 N–H and O–H groups in total. The third kappa shape index (κ3) is 5.72. The summed E-state index contributed by atoms with van der Waals surface area (Å²) in [4.78, 5) is 15.0. The minimum absolute atomic E-state index is 0.126. The average Bonchev–Trinajstić information content (AvgIpc) is 3.19. The van der Waals surface area contributed by atoms with Crippen molar-refractivity contribution >= 4 is 17.5 Å². The van der Waals surface area contributed by atoms with Crippen LogP contribution in [0.4, 0.5) is 0 Å². The zero-order valence-electron chi connectivity index (χ0n) is 15.8. The van der Waals surface area contributed by atoms with Gasteiger partial charge in [-0.1, -0.05) is 54.9 Å². The van der Waals surface area contributed by atoms with E-state index in [9.17, 15) is 4.79 Å². The first-order chi connectivity index (χ1) is 13.2. The SMILES string of the molecule is CC[C@H](Oc1ccccc1Cl)C(=O)NCc1ccc(CN2CCCC2)cc1. The van der Waals surface area contributed by atoms with E-state index in [1.165, 1.54) is 31.5 Å². The van der Waals surface area contributed by atoms with Crippen molar-refractivity contribution in [3.05, 3.63) is 64.7 Å². The summed E-state index contributed by atoms with van der Waals surface area (Å²) in [5.74, 6) is 0.408. The molecule has 3 rings (SSSR count). The van der Waals surface area contributed by atoms with Crippen LogP contribution >= 0.6 is 11.6 Å². The molecule has 5 heteroatoms. The van der Waals surface area contributed by atoms with Gasteiger partial charge in [0.25, 0.3) is 5.91 Å². The molecule has 1 fully saturated rings. The van der Waals surface area contributed by atoms with Gasteiger partial charge in [0.15, 0.2) is 6.10 Å². The zero-order valence-corrected chi connectivity index (χ0v) is 16.5. The van der Waals surface area contributed by atoms with Gasteiger partial charge in [0, 0.05) is 13.1 Å². The van der Waals surface area contributed by atoms with E-state index in [0.29, 0.717) is 23.7 Å². The maximum absolute atomic E-state index is 12.5. The number of para-hydroxylation sites is 1. The number of hydrogen-bond acceptors (Lipinski definition) is 3. The van der Waals surface area contributed by atoms with Gasteiger partial charge in [-0.15, -0.1) is 0 Å². The van der Waals surface area contributed by atoms with Crippen LogP contribution in [-0.4, -0.2) is 30.0 Å². The number of hydrogen-bond donors (Lipinski definition) is 1. The topological polar surface area (TPSA) is 41.6 Å². The number of ether oxygens (including phenoxy) is 1. The lowest BCUT2D eigenvalue weighted by molar-refractivity contribution is -0.128. The molecule has 1 aliphatic heterocycles. The van der Waals surface area contributed by atoms with E-state index >= 15 is 0 Å². The second kappa shape index (κ2) is 9.77. The van der Waals surface area contributed by atoms with Crippen LogP contribution in [-0.2, 0) is 17.9 Å². The molecule has 0 radical (unpaired) electrons. The van der Waals surface area contributed by atoms with Gasteiger partial charge >= 0.3 is 0 Å². The van der Waals surface area contributed by atoms with Gasteiger partial charge in [-0.2, -0.15) is 0 Å². The summed E-state index contributed by atoms with van der Waals surface area (Å²) >= 11 is 6.12. The smallest absolute Gasteiger partial charge is 0.261 e. The first kappa shape index (κ1) is 19.7. The number of amides is 1. The summed E-state index contributed by atoms with van der Waals surface area (Å²) in [5.41, 5.74) is 2.40. The van der Waals surface area contributed by atoms with E-state index in [-0.39, 0.29) is 5.91 Å². The third-order valence-corrected chi connectivity index (χ3v) is 5.18. The molecule has 27 heavy (non-hydrogen) atoms. The van der Waals surface area contributed by atoms with Crippen molar-refractivity contribution in [3.8, 4) is 5.75 Å². The highest BCUT2D eigenvalue weighted by atomic mass is 35.5. The van der Waals surface area contributed by atoms with Gasteiger partial charge in [-0.25, -0.2) is 0 Å². The Morgan fingerprint density at radius 3 is 2.44 bits per heavy atom. The summed E-state index contributed by atoms with van der Waals surface area (Å²) in [5, 5.41) is 3.48. The van der Waals surface area contributed by atoms with Gasteiger partial charge in [-0.3, -0.25) is 9.69 Å². The fraction of sp³-hybridized carbons (Fsp3) is 0.409. The molecule has 0 saturated carbocycles. The molecule has 2 aromatic rings. The van der Waals surface area contributed by atoms with Crippen molar-refractivity contribution < 1.29 is 9.53 Å². The summed E-state index contributed by atoms with van der Waals surface area (Å²) in [6.07, 6.45) is 2.63. The van der Waals surface area contributed by atoms with Crippen LogP contribution in [0.3, 0.4) is 0 Å². The summed E-state index contributed by atoms with van der Waals surface area (Å²) < 4.78 is 5.79. The number of carbonyl (C=O) groups excluding carboxylic acids is 1. The Balaban J connectivity index is 1.50. The Morgan fingerprint density at radius 1 is 1.11 bits per heavy atom. The molecule has 1 aliphatic rings. The van der Waals surface area contributed by atoms with Crippen LogP contribution in [0.5, 0.6) is 5.75 Å². The van der Waals surface area contributed by atoms with Gasteiger partial charge in [0.2, 0.25) is 0 Å². The van der Waals surface area contributed by atoms with Crippen molar-refractivity contribution in [2.24, 2.45) is 0 Å². The maximum Gasteiger partial charge on any atom is 0.261 e. The number of nitrogens with one attached hydrogen (secondary N) is 1. The van der Waals surface area contributed by atoms with E-state index in [2.05, 4.69) is 34.5 Å². The number of halogens is 1. The second-order valence-electron chi connectivity index (χ2n) is 6.96. The van der Waals surface area contributed by atoms with E-state index in [0.717, 1.165) is 12.1 Å². The molecular weight excluding hydrogens is 360 g/mol. The molecule has 0 spiro atoms. The molecule has 4 nitrogen and oxygen atoms in total. The first-order valence-corrected chi connectivity index (χ1v) is 10.0. The van der Waals surface area contributed by atoms with Crippen molar-refractivity contribution in [1.29, 1.82) is 0 Å². The Morgan fingerprint density at radius 2 is 1.78 bits per heavy atom. The standard InChI is InChI=1S/C22H27ClN2O2/c1-2-20(27-21-8-4-3-7-19(21)23)22(26)24-15-17-9-11-18(12-10-17)16-25-13-5-6-14-25/h3-4,7-12,20H,2,5-6,13-16H2,1H3,(H,24,26)/t20-/m0/s1. The highest BCUT2D eigenvalue weighted by Gasteiger charge is 2.19. The predicted molar refractivity (Wildman–Crippen MR) is 109 cm³/mol. The van der Waals surface area contributed by atoms with Crippen LogP contribution in [0.2, 0.25) is 5.02 Å². The lowest BCUT2D eigenvalue weighted by Gasteiger charge is -2.18. The first-order valence-electron chi connectivity index (χ1n) is 9.65. The summed E-state index contributed by atoms with van der Waals surface area (Å²) in [6, 6.07) is 15.7. The minimum atomic E-state index is -0.556. The van der Waals surface area contributed by atoms with Gasteiger partial charge in [-0.05, 0) is 55.6 Å². The molecule has 1 amide bonds. The molecule has 1 heterocycles. The fourth-order valence-electron chi connectivity index (χ4n) is 3.28. The Bertz CT molecular complexity index is 742. The number of rotatable bonds is 8. The van der Waals surface area contributed by atoms with Crippen LogP contribution < -0.4 is 10.1 Å². The molecule has 1 atom stereocenters. The molecule has 2 aromatic carbocycles. The van der Waals surface area contributed by atoms with Crippen LogP contribution in [0.15, 0.2) is 48.5 Å². The normalized spacial score (nSPS) is 15.5. The lowest BCUT2D eigenvalue weighted by Crippen LogP contribution is -2.37. The number of nitrogens with zero attached hydrogens (tertiary/aromatic N) is 1. The molecule has 0 bridgehead atoms.